The van der Waals surface area contributed by atoms with Crippen molar-refractivity contribution in [2.24, 2.45) is 0 Å². The SMILES string of the molecule is O=C(O)COc1cccc(COCc2cccc(-c3c4cccc(C(F)(F)F)c4nn3Cc3ccccc3)c2)c1. The summed E-state index contributed by atoms with van der Waals surface area (Å²) in [6.45, 7) is 0.394. The summed E-state index contributed by atoms with van der Waals surface area (Å²) in [5, 5.41) is 13.6. The fourth-order valence-corrected chi connectivity index (χ4v) is 4.52. The average molecular weight is 547 g/mol. The highest BCUT2D eigenvalue weighted by Gasteiger charge is 2.34. The maximum atomic E-state index is 13.8. The molecule has 5 aromatic rings. The Balaban J connectivity index is 1.42. The Morgan fingerprint density at radius 1 is 0.825 bits per heavy atom. The van der Waals surface area contributed by atoms with Crippen molar-refractivity contribution in [3.05, 3.63) is 119 Å². The first-order valence-corrected chi connectivity index (χ1v) is 12.5. The third-order valence-corrected chi connectivity index (χ3v) is 6.25. The third-order valence-electron chi connectivity index (χ3n) is 6.25. The van der Waals surface area contributed by atoms with Crippen LogP contribution in [0.25, 0.3) is 22.2 Å². The lowest BCUT2D eigenvalue weighted by molar-refractivity contribution is -0.139. The summed E-state index contributed by atoms with van der Waals surface area (Å²) in [7, 11) is 0. The molecule has 4 aromatic carbocycles. The Kier molecular flexibility index (Phi) is 7.84. The fourth-order valence-electron chi connectivity index (χ4n) is 4.52. The molecule has 0 saturated heterocycles. The number of hydrogen-bond acceptors (Lipinski definition) is 4. The maximum absolute atomic E-state index is 13.8. The van der Waals surface area contributed by atoms with Crippen LogP contribution in [0.2, 0.25) is 0 Å². The van der Waals surface area contributed by atoms with Gasteiger partial charge in [0.05, 0.1) is 31.0 Å². The van der Waals surface area contributed by atoms with Gasteiger partial charge in [-0.25, -0.2) is 4.79 Å². The van der Waals surface area contributed by atoms with Gasteiger partial charge in [0.15, 0.2) is 6.61 Å². The van der Waals surface area contributed by atoms with Crippen molar-refractivity contribution in [1.29, 1.82) is 0 Å². The summed E-state index contributed by atoms with van der Waals surface area (Å²) in [5.41, 5.74) is 3.02. The number of aromatic nitrogens is 2. The van der Waals surface area contributed by atoms with Gasteiger partial charge in [0.25, 0.3) is 0 Å². The molecular weight excluding hydrogens is 521 g/mol. The Labute approximate surface area is 228 Å². The Morgan fingerprint density at radius 3 is 2.23 bits per heavy atom. The van der Waals surface area contributed by atoms with Gasteiger partial charge in [-0.2, -0.15) is 18.3 Å². The molecule has 40 heavy (non-hydrogen) atoms. The minimum atomic E-state index is -4.53. The first kappa shape index (κ1) is 27.0. The van der Waals surface area contributed by atoms with Crippen LogP contribution >= 0.6 is 0 Å². The molecule has 5 rings (SSSR count). The van der Waals surface area contributed by atoms with E-state index in [4.69, 9.17) is 14.6 Å². The average Bonchev–Trinajstić information content (AvgIpc) is 3.30. The van der Waals surface area contributed by atoms with Crippen LogP contribution < -0.4 is 4.74 Å². The van der Waals surface area contributed by atoms with Gasteiger partial charge in [0.2, 0.25) is 0 Å². The normalized spacial score (nSPS) is 11.6. The van der Waals surface area contributed by atoms with Crippen LogP contribution in [0, 0.1) is 0 Å². The largest absolute Gasteiger partial charge is 0.482 e. The molecule has 0 bridgehead atoms. The van der Waals surface area contributed by atoms with Gasteiger partial charge in [-0.1, -0.05) is 72.8 Å². The maximum Gasteiger partial charge on any atom is 0.418 e. The molecule has 0 saturated carbocycles. The number of alkyl halides is 3. The summed E-state index contributed by atoms with van der Waals surface area (Å²) < 4.78 is 54.2. The van der Waals surface area contributed by atoms with Crippen LogP contribution in [-0.4, -0.2) is 27.5 Å². The van der Waals surface area contributed by atoms with E-state index in [2.05, 4.69) is 5.10 Å². The predicted molar refractivity (Wildman–Crippen MR) is 144 cm³/mol. The highest BCUT2D eigenvalue weighted by Crippen LogP contribution is 2.38. The van der Waals surface area contributed by atoms with Crippen LogP contribution in [0.4, 0.5) is 13.2 Å². The number of carboxylic acid groups (broad SMARTS) is 1. The van der Waals surface area contributed by atoms with E-state index in [0.29, 0.717) is 23.4 Å². The minimum Gasteiger partial charge on any atom is -0.482 e. The second kappa shape index (κ2) is 11.6. The highest BCUT2D eigenvalue weighted by atomic mass is 19.4. The fraction of sp³-hybridized carbons (Fsp3) is 0.161. The number of ether oxygens (including phenoxy) is 2. The summed E-state index contributed by atoms with van der Waals surface area (Å²) in [6.07, 6.45) is -4.53. The van der Waals surface area contributed by atoms with E-state index in [0.717, 1.165) is 28.3 Å². The van der Waals surface area contributed by atoms with E-state index in [1.165, 1.54) is 6.07 Å². The molecule has 0 fully saturated rings. The topological polar surface area (TPSA) is 73.6 Å². The van der Waals surface area contributed by atoms with Crippen molar-refractivity contribution in [2.45, 2.75) is 25.9 Å². The number of rotatable bonds is 10. The quantitative estimate of drug-likeness (QED) is 0.205. The summed E-state index contributed by atoms with van der Waals surface area (Å²) >= 11 is 0. The zero-order chi connectivity index (χ0) is 28.1. The molecule has 1 aromatic heterocycles. The van der Waals surface area contributed by atoms with E-state index in [1.807, 2.05) is 60.7 Å². The van der Waals surface area contributed by atoms with E-state index < -0.39 is 24.3 Å². The Hall–Kier alpha value is -4.63. The first-order chi connectivity index (χ1) is 19.3. The van der Waals surface area contributed by atoms with Gasteiger partial charge in [-0.15, -0.1) is 0 Å². The summed E-state index contributed by atoms with van der Waals surface area (Å²) in [6, 6.07) is 28.0. The van der Waals surface area contributed by atoms with E-state index in [-0.39, 0.29) is 18.7 Å². The predicted octanol–water partition coefficient (Wildman–Crippen LogP) is 6.95. The van der Waals surface area contributed by atoms with Crippen molar-refractivity contribution in [3.8, 4) is 17.0 Å². The number of benzene rings is 4. The number of hydrogen-bond donors (Lipinski definition) is 1. The highest BCUT2D eigenvalue weighted by molar-refractivity contribution is 5.95. The molecule has 0 atom stereocenters. The van der Waals surface area contributed by atoms with Crippen molar-refractivity contribution in [2.75, 3.05) is 6.61 Å². The van der Waals surface area contributed by atoms with Gasteiger partial charge >= 0.3 is 12.1 Å². The number of carboxylic acids is 1. The Morgan fingerprint density at radius 2 is 1.50 bits per heavy atom. The number of fused-ring (bicyclic) bond motifs is 1. The second-order valence-electron chi connectivity index (χ2n) is 9.21. The van der Waals surface area contributed by atoms with Crippen LogP contribution in [0.1, 0.15) is 22.3 Å². The molecule has 0 aliphatic rings. The number of nitrogens with zero attached hydrogens (tertiary/aromatic N) is 2. The monoisotopic (exact) mass is 546 g/mol. The van der Waals surface area contributed by atoms with Gasteiger partial charge < -0.3 is 14.6 Å². The van der Waals surface area contributed by atoms with Crippen molar-refractivity contribution >= 4 is 16.9 Å². The van der Waals surface area contributed by atoms with Gasteiger partial charge in [-0.3, -0.25) is 4.68 Å². The number of aliphatic carboxylic acids is 1. The van der Waals surface area contributed by atoms with Crippen molar-refractivity contribution in [3.63, 3.8) is 0 Å². The van der Waals surface area contributed by atoms with Crippen LogP contribution in [-0.2, 0) is 35.5 Å². The lowest BCUT2D eigenvalue weighted by Crippen LogP contribution is -2.09. The number of halogens is 3. The zero-order valence-corrected chi connectivity index (χ0v) is 21.3. The lowest BCUT2D eigenvalue weighted by Gasteiger charge is -2.11. The second-order valence-corrected chi connectivity index (χ2v) is 9.21. The van der Waals surface area contributed by atoms with E-state index >= 15 is 0 Å². The molecule has 6 nitrogen and oxygen atoms in total. The minimum absolute atomic E-state index is 0.0902. The van der Waals surface area contributed by atoms with Gasteiger partial charge in [-0.05, 0) is 41.0 Å². The molecule has 0 radical (unpaired) electrons. The summed E-state index contributed by atoms with van der Waals surface area (Å²) in [4.78, 5) is 10.7. The molecule has 1 N–H and O–H groups in total. The number of carbonyl (C=O) groups is 1. The smallest absolute Gasteiger partial charge is 0.418 e. The Bertz CT molecular complexity index is 1630. The molecule has 1 heterocycles. The zero-order valence-electron chi connectivity index (χ0n) is 21.3. The molecule has 0 aliphatic heterocycles. The van der Waals surface area contributed by atoms with E-state index in [9.17, 15) is 18.0 Å². The van der Waals surface area contributed by atoms with Gasteiger partial charge in [0.1, 0.15) is 11.3 Å². The molecule has 0 aliphatic carbocycles. The molecule has 0 amide bonds. The van der Waals surface area contributed by atoms with Crippen LogP contribution in [0.15, 0.2) is 97.1 Å². The standard InChI is InChI=1S/C31H25F3N2O4/c32-31(33,34)27-14-6-13-26-29(27)35-36(17-21-7-2-1-3-8-21)30(26)24-11-4-9-22(15-24)18-39-19-23-10-5-12-25(16-23)40-20-28(37)38/h1-16H,17-20H2,(H,37,38). The van der Waals surface area contributed by atoms with Crippen LogP contribution in [0.3, 0.4) is 0 Å². The lowest BCUT2D eigenvalue weighted by atomic mass is 10.0. The van der Waals surface area contributed by atoms with Crippen molar-refractivity contribution in [1.82, 2.24) is 9.78 Å². The van der Waals surface area contributed by atoms with E-state index in [1.54, 1.807) is 28.9 Å². The van der Waals surface area contributed by atoms with Gasteiger partial charge in [0, 0.05) is 10.9 Å². The molecular formula is C31H25F3N2O4. The van der Waals surface area contributed by atoms with Crippen molar-refractivity contribution < 1.29 is 32.5 Å². The molecule has 9 heteroatoms. The van der Waals surface area contributed by atoms with Crippen LogP contribution in [0.5, 0.6) is 5.75 Å². The molecule has 204 valence electrons. The first-order valence-electron chi connectivity index (χ1n) is 12.5. The molecule has 0 spiro atoms. The third kappa shape index (κ3) is 6.32. The summed E-state index contributed by atoms with van der Waals surface area (Å²) in [5.74, 6) is -0.628. The molecule has 0 unspecified atom stereocenters.